The van der Waals surface area contributed by atoms with Gasteiger partial charge < -0.3 is 30.1 Å². The summed E-state index contributed by atoms with van der Waals surface area (Å²) >= 11 is 0. The predicted molar refractivity (Wildman–Crippen MR) is 178 cm³/mol. The summed E-state index contributed by atoms with van der Waals surface area (Å²) in [7, 11) is 3.33. The van der Waals surface area contributed by atoms with Gasteiger partial charge in [0.15, 0.2) is 0 Å². The van der Waals surface area contributed by atoms with Gasteiger partial charge in [-0.2, -0.15) is 0 Å². The molecule has 2 atom stereocenters. The summed E-state index contributed by atoms with van der Waals surface area (Å²) in [6.07, 6.45) is -2.61. The SMILES string of the molecule is CC(C)n1c(CC[C@@H](O)C[C@@H](O)CC(=O)O)c(-c2ccc(F)cc2)c(-c2ccc(F)cc2)c1C(=O)NCc1ccc(C(=O)N(C)C)cc1. The predicted octanol–water partition coefficient (Wildman–Crippen LogP) is 5.83. The first-order chi connectivity index (χ1) is 22.8. The van der Waals surface area contributed by atoms with Crippen molar-refractivity contribution in [2.75, 3.05) is 14.1 Å². The number of hydrogen-bond acceptors (Lipinski definition) is 5. The van der Waals surface area contributed by atoms with E-state index in [1.165, 1.54) is 29.2 Å². The Morgan fingerprint density at radius 1 is 0.812 bits per heavy atom. The van der Waals surface area contributed by atoms with Gasteiger partial charge in [-0.3, -0.25) is 14.4 Å². The second-order valence-corrected chi connectivity index (χ2v) is 12.3. The maximum Gasteiger partial charge on any atom is 0.305 e. The van der Waals surface area contributed by atoms with Crippen molar-refractivity contribution in [2.45, 2.75) is 64.3 Å². The highest BCUT2D eigenvalue weighted by atomic mass is 19.1. The van der Waals surface area contributed by atoms with E-state index < -0.39 is 42.1 Å². The molecule has 0 spiro atoms. The molecule has 9 nitrogen and oxygen atoms in total. The fraction of sp³-hybridized carbons (Fsp3) is 0.324. The molecule has 0 unspecified atom stereocenters. The average Bonchev–Trinajstić information content (AvgIpc) is 3.38. The maximum absolute atomic E-state index is 14.2. The fourth-order valence-electron chi connectivity index (χ4n) is 5.81. The topological polar surface area (TPSA) is 132 Å². The van der Waals surface area contributed by atoms with Gasteiger partial charge in [0.2, 0.25) is 0 Å². The summed E-state index contributed by atoms with van der Waals surface area (Å²) in [4.78, 5) is 39.1. The maximum atomic E-state index is 14.2. The van der Waals surface area contributed by atoms with Crippen LogP contribution in [-0.2, 0) is 17.8 Å². The number of carboxylic acids is 1. The number of carbonyl (C=O) groups excluding carboxylic acids is 2. The van der Waals surface area contributed by atoms with E-state index in [2.05, 4.69) is 5.32 Å². The summed E-state index contributed by atoms with van der Waals surface area (Å²) in [5.41, 5.74) is 4.44. The molecule has 2 amide bonds. The number of carbonyl (C=O) groups is 3. The molecule has 1 aromatic heterocycles. The lowest BCUT2D eigenvalue weighted by atomic mass is 9.92. The Morgan fingerprint density at radius 3 is 1.85 bits per heavy atom. The van der Waals surface area contributed by atoms with Crippen LogP contribution in [0.1, 0.15) is 71.3 Å². The van der Waals surface area contributed by atoms with E-state index in [1.807, 2.05) is 18.4 Å². The molecule has 0 saturated heterocycles. The molecule has 3 aromatic carbocycles. The first-order valence-electron chi connectivity index (χ1n) is 15.7. The Bertz CT molecular complexity index is 1730. The number of aliphatic hydroxyl groups excluding tert-OH is 2. The van der Waals surface area contributed by atoms with Gasteiger partial charge in [0.05, 0.1) is 18.6 Å². The summed E-state index contributed by atoms with van der Waals surface area (Å²) in [5, 5.41) is 32.9. The Balaban J connectivity index is 1.82. The van der Waals surface area contributed by atoms with E-state index in [1.54, 1.807) is 62.6 Å². The Hall–Kier alpha value is -4.87. The molecule has 0 aliphatic heterocycles. The molecule has 4 N–H and O–H groups in total. The van der Waals surface area contributed by atoms with E-state index in [0.717, 1.165) is 5.56 Å². The van der Waals surface area contributed by atoms with Crippen molar-refractivity contribution in [3.05, 3.63) is 107 Å². The number of aliphatic hydroxyl groups is 2. The number of nitrogens with one attached hydrogen (secondary N) is 1. The Kier molecular flexibility index (Phi) is 11.9. The number of amides is 2. The van der Waals surface area contributed by atoms with Gasteiger partial charge in [0.1, 0.15) is 17.3 Å². The lowest BCUT2D eigenvalue weighted by molar-refractivity contribution is -0.139. The van der Waals surface area contributed by atoms with Crippen molar-refractivity contribution in [3.8, 4) is 22.3 Å². The number of halogens is 2. The molecule has 48 heavy (non-hydrogen) atoms. The van der Waals surface area contributed by atoms with Gasteiger partial charge in [0.25, 0.3) is 11.8 Å². The quantitative estimate of drug-likeness (QED) is 0.135. The van der Waals surface area contributed by atoms with Crippen LogP contribution >= 0.6 is 0 Å². The van der Waals surface area contributed by atoms with Crippen molar-refractivity contribution < 1.29 is 38.5 Å². The van der Waals surface area contributed by atoms with Crippen LogP contribution in [0.2, 0.25) is 0 Å². The van der Waals surface area contributed by atoms with Gasteiger partial charge in [-0.05, 0) is 86.2 Å². The summed E-state index contributed by atoms with van der Waals surface area (Å²) < 4.78 is 30.1. The molecule has 0 aliphatic carbocycles. The third-order valence-corrected chi connectivity index (χ3v) is 8.03. The third kappa shape index (κ3) is 8.72. The number of carboxylic acid groups (broad SMARTS) is 1. The molecule has 0 aliphatic rings. The van der Waals surface area contributed by atoms with Crippen molar-refractivity contribution in [1.82, 2.24) is 14.8 Å². The van der Waals surface area contributed by atoms with Crippen LogP contribution in [-0.4, -0.2) is 68.9 Å². The molecule has 0 radical (unpaired) electrons. The molecule has 1 heterocycles. The van der Waals surface area contributed by atoms with Crippen LogP contribution in [0, 0.1) is 11.6 Å². The van der Waals surface area contributed by atoms with E-state index in [-0.39, 0.29) is 43.5 Å². The van der Waals surface area contributed by atoms with Crippen molar-refractivity contribution >= 4 is 17.8 Å². The number of aliphatic carboxylic acids is 1. The van der Waals surface area contributed by atoms with Crippen LogP contribution in [0.3, 0.4) is 0 Å². The zero-order valence-electron chi connectivity index (χ0n) is 27.4. The fourth-order valence-corrected chi connectivity index (χ4v) is 5.81. The average molecular weight is 662 g/mol. The van der Waals surface area contributed by atoms with Crippen LogP contribution in [0.5, 0.6) is 0 Å². The highest BCUT2D eigenvalue weighted by Crippen LogP contribution is 2.42. The Morgan fingerprint density at radius 2 is 1.35 bits per heavy atom. The molecule has 0 saturated carbocycles. The van der Waals surface area contributed by atoms with Gasteiger partial charge in [0, 0.05) is 49.1 Å². The standard InChI is InChI=1S/C37H41F2N3O6/c1-22(2)42-31(18-17-29(43)19-30(44)20-32(45)46)33(24-9-13-27(38)14-10-24)34(25-11-15-28(39)16-12-25)35(42)36(47)40-21-23-5-7-26(8-6-23)37(48)41(3)4/h5-16,22,29-30,43-44H,17-21H2,1-4H3,(H,40,47)(H,45,46)/t29-,30-/m1/s1. The molecule has 4 rings (SSSR count). The first-order valence-corrected chi connectivity index (χ1v) is 15.7. The second-order valence-electron chi connectivity index (χ2n) is 12.3. The number of benzene rings is 3. The minimum atomic E-state index is -1.24. The molecular formula is C37H41F2N3O6. The Labute approximate surface area is 278 Å². The third-order valence-electron chi connectivity index (χ3n) is 8.03. The first kappa shape index (κ1) is 36.0. The largest absolute Gasteiger partial charge is 0.481 e. The molecule has 0 bridgehead atoms. The molecule has 11 heteroatoms. The highest BCUT2D eigenvalue weighted by Gasteiger charge is 2.30. The number of aromatic nitrogens is 1. The van der Waals surface area contributed by atoms with Crippen molar-refractivity contribution in [3.63, 3.8) is 0 Å². The molecule has 4 aromatic rings. The van der Waals surface area contributed by atoms with Crippen molar-refractivity contribution in [1.29, 1.82) is 0 Å². The zero-order chi connectivity index (χ0) is 35.1. The summed E-state index contributed by atoms with van der Waals surface area (Å²) in [6.45, 7) is 3.94. The van der Waals surface area contributed by atoms with Gasteiger partial charge in [-0.25, -0.2) is 8.78 Å². The smallest absolute Gasteiger partial charge is 0.305 e. The lowest BCUT2D eigenvalue weighted by Gasteiger charge is -2.20. The second kappa shape index (κ2) is 15.8. The number of hydrogen-bond donors (Lipinski definition) is 4. The van der Waals surface area contributed by atoms with Crippen LogP contribution in [0.4, 0.5) is 8.78 Å². The minimum absolute atomic E-state index is 0.129. The molecule has 0 fully saturated rings. The monoisotopic (exact) mass is 661 g/mol. The van der Waals surface area contributed by atoms with Crippen LogP contribution in [0.15, 0.2) is 72.8 Å². The number of nitrogens with zero attached hydrogens (tertiary/aromatic N) is 2. The minimum Gasteiger partial charge on any atom is -0.481 e. The summed E-state index contributed by atoms with van der Waals surface area (Å²) in [5.74, 6) is -2.67. The van der Waals surface area contributed by atoms with E-state index in [9.17, 15) is 33.4 Å². The van der Waals surface area contributed by atoms with Gasteiger partial charge >= 0.3 is 5.97 Å². The number of rotatable bonds is 14. The van der Waals surface area contributed by atoms with Crippen LogP contribution < -0.4 is 5.32 Å². The van der Waals surface area contributed by atoms with E-state index in [0.29, 0.717) is 33.5 Å². The molecule has 254 valence electrons. The van der Waals surface area contributed by atoms with E-state index >= 15 is 0 Å². The molecular weight excluding hydrogens is 620 g/mol. The highest BCUT2D eigenvalue weighted by molar-refractivity contribution is 6.05. The van der Waals surface area contributed by atoms with Gasteiger partial charge in [-0.15, -0.1) is 0 Å². The lowest BCUT2D eigenvalue weighted by Crippen LogP contribution is -2.27. The normalized spacial score (nSPS) is 12.5. The van der Waals surface area contributed by atoms with Crippen molar-refractivity contribution in [2.24, 2.45) is 0 Å². The zero-order valence-corrected chi connectivity index (χ0v) is 27.4. The summed E-state index contributed by atoms with van der Waals surface area (Å²) in [6, 6.07) is 18.1. The van der Waals surface area contributed by atoms with E-state index in [4.69, 9.17) is 5.11 Å². The van der Waals surface area contributed by atoms with Crippen LogP contribution in [0.25, 0.3) is 22.3 Å². The van der Waals surface area contributed by atoms with Gasteiger partial charge in [-0.1, -0.05) is 36.4 Å².